The van der Waals surface area contributed by atoms with Gasteiger partial charge in [-0.3, -0.25) is 9.59 Å². The fourth-order valence-corrected chi connectivity index (χ4v) is 18.4. The van der Waals surface area contributed by atoms with Gasteiger partial charge in [0.2, 0.25) is 0 Å². The van der Waals surface area contributed by atoms with Gasteiger partial charge >= 0.3 is 12.2 Å². The van der Waals surface area contributed by atoms with Gasteiger partial charge in [0.05, 0.1) is 112 Å². The molecule has 7 heterocycles. The van der Waals surface area contributed by atoms with Crippen LogP contribution in [0.2, 0.25) is 0 Å². The SMILES string of the molecule is C[C@H](C(=O)C[C@@H]1C[C@H](C)[C@@H](O[C@H]2O[C@H](CCCCO)[C@@H](O)C[C@H]2NC(=O)OCc2ccccc2)[C@H](O[C@@H]2O[C@H](CO)[C@@H](O[C@H]3O[C@H]4CCC(c5ccccc5)O[C@H]4[C@H](O)[C@H]3NC(=O)OCc3ccccc3)[C@H]2O)[C@H]1O)C(F)(F)CN=[N+]=[N-].NC[C@@H]1O[C@H](O[C@H]2[C@@H](O)[C@H](O[C@@H]3[C@@H](O)[C@H](CC(=O)[C@@H](O)C(F)(F)CN)C[C@H](N)[C@H]3O[C@H]3O[C@H](CNCCO)[C@@H](O)C[C@H]3N)O[C@@H]2CO)[C@H](N)[C@@H](O)[C@@H]1O. The van der Waals surface area contributed by atoms with Gasteiger partial charge in [0.25, 0.3) is 11.8 Å². The van der Waals surface area contributed by atoms with Crippen LogP contribution >= 0.6 is 0 Å². The largest absolute Gasteiger partial charge is 0.445 e. The summed E-state index contributed by atoms with van der Waals surface area (Å²) in [5, 5.41) is 163. The molecule has 135 heavy (non-hydrogen) atoms. The number of hydrogen-bond donors (Lipinski definition) is 22. The third kappa shape index (κ3) is 27.7. The van der Waals surface area contributed by atoms with Crippen molar-refractivity contribution in [2.24, 2.45) is 57.5 Å². The van der Waals surface area contributed by atoms with Crippen LogP contribution in [0.3, 0.4) is 0 Å². The molecular formula is C87H131F4N11O33. The van der Waals surface area contributed by atoms with E-state index in [0.29, 0.717) is 36.8 Å². The number of aliphatic hydroxyl groups excluding tert-OH is 14. The Balaban J connectivity index is 0.000000285. The lowest BCUT2D eigenvalue weighted by molar-refractivity contribution is -0.311. The Kier molecular flexibility index (Phi) is 40.7. The van der Waals surface area contributed by atoms with Gasteiger partial charge in [-0.2, -0.15) is 0 Å². The molecule has 0 aromatic heterocycles. The molecule has 0 radical (unpaired) electrons. The van der Waals surface area contributed by atoms with E-state index in [1.54, 1.807) is 67.6 Å². The zero-order valence-electron chi connectivity index (χ0n) is 74.5. The zero-order chi connectivity index (χ0) is 97.9. The summed E-state index contributed by atoms with van der Waals surface area (Å²) in [6.45, 7) is -1.98. The standard InChI is InChI=1S/C57H75F2N5O18.C30H56F2N6O15/c1-31-24-36(25-38(67)32(2)57(58,59)30-61-64-60)45(69)51(48(31)80-52-37(26-39(68)41(77-52)20-12-13-23-65)62-55(72)74-28-33-14-6-3-7-15-33)82-54-47(71)50(43(27-66)79-54)81-53-44(63-56(73)75-29-34-16-8-4-9-17-34)46(70)49-42(78-53)22-21-40(76-49)35-18-10-5-11-19-35;31-30(32,9-34)26(47)14(42)4-10-3-11(35)23(51-27-12(36)5-13(41)16(49-27)7-38-1-2-39)25(19(10)43)53-29-22(46)24(17(8-40)50-29)52-28-18(37)21(45)20(44)15(6-33)48-28/h3-11,14-19,31-32,36-37,39-54,65-66,68-71H,12-13,20-30H2,1-2H3,(H,62,72)(H,63,73);10-13,15-29,38-41,43-47H,1-9,33-37H2/t31-,32+,36-,37+,39-,40?,41+,42-,43+,44+,45-,46+,47+,48+,49+,50+,51+,52+,53+,54-;10-,11-,12+,13-,15-,16+,17+,18+,19-,20+,21+,22+,23+,24+,25+,26+,27+,28+,29-/m00/s1. The number of Topliss-reactive ketones (excluding diaryl/α,β-unsaturated/α-hetero) is 2. The monoisotopic (exact) mass is 1930 g/mol. The quantitative estimate of drug-likeness (QED) is 0.00883. The smallest absolute Gasteiger partial charge is 0.407 e. The molecule has 9 aliphatic rings. The molecule has 3 aromatic carbocycles. The fourth-order valence-electron chi connectivity index (χ4n) is 18.4. The van der Waals surface area contributed by atoms with Crippen LogP contribution in [0.1, 0.15) is 107 Å². The number of ether oxygens (including phenoxy) is 15. The molecule has 7 aliphatic heterocycles. The number of aliphatic hydroxyl groups is 14. The van der Waals surface area contributed by atoms with Crippen LogP contribution in [0.5, 0.6) is 0 Å². The van der Waals surface area contributed by atoms with Crippen molar-refractivity contribution in [3.8, 4) is 0 Å². The first-order chi connectivity index (χ1) is 64.5. The number of nitrogens with zero attached hydrogens (tertiary/aromatic N) is 3. The number of unbranched alkanes of at least 4 members (excludes halogenated alkanes) is 1. The molecule has 48 heteroatoms. The zero-order valence-corrected chi connectivity index (χ0v) is 74.5. The number of alkyl halides is 4. The predicted molar refractivity (Wildman–Crippen MR) is 456 cm³/mol. The molecule has 44 nitrogen and oxygen atoms in total. The topological polar surface area (TPSA) is 705 Å². The molecule has 1 unspecified atom stereocenters. The first kappa shape index (κ1) is 109. The van der Waals surface area contributed by atoms with E-state index >= 15 is 8.78 Å². The van der Waals surface area contributed by atoms with Crippen LogP contribution < -0.4 is 44.6 Å². The van der Waals surface area contributed by atoms with Gasteiger partial charge in [-0.15, -0.1) is 0 Å². The number of rotatable bonds is 41. The first-order valence-corrected chi connectivity index (χ1v) is 45.4. The third-order valence-electron chi connectivity index (χ3n) is 26.1. The number of alkyl carbamates (subject to hydrolysis) is 2. The summed E-state index contributed by atoms with van der Waals surface area (Å²) in [6, 6.07) is 21.2. The van der Waals surface area contributed by atoms with Gasteiger partial charge in [-0.1, -0.05) is 103 Å². The molecule has 3 aromatic rings. The summed E-state index contributed by atoms with van der Waals surface area (Å²) in [5.41, 5.74) is 40.4. The number of carbonyl (C=O) groups is 4. The Morgan fingerprint density at radius 3 is 1.64 bits per heavy atom. The number of azide groups is 1. The van der Waals surface area contributed by atoms with Crippen LogP contribution in [-0.4, -0.2) is 375 Å². The molecule has 2 saturated carbocycles. The molecule has 7 saturated heterocycles. The van der Waals surface area contributed by atoms with Crippen LogP contribution in [-0.2, 0) is 93.9 Å². The first-order valence-electron chi connectivity index (χ1n) is 45.4. The number of nitrogens with one attached hydrogen (secondary N) is 3. The minimum atomic E-state index is -3.96. The van der Waals surface area contributed by atoms with Gasteiger partial charge in [0.1, 0.15) is 110 Å². The third-order valence-corrected chi connectivity index (χ3v) is 26.1. The maximum Gasteiger partial charge on any atom is 0.407 e. The maximum absolute atomic E-state index is 15.1. The highest BCUT2D eigenvalue weighted by Crippen LogP contribution is 2.45. The minimum Gasteiger partial charge on any atom is -0.445 e. The van der Waals surface area contributed by atoms with Crippen molar-refractivity contribution in [3.05, 3.63) is 118 Å². The van der Waals surface area contributed by atoms with Crippen molar-refractivity contribution in [2.75, 3.05) is 59.2 Å². The lowest BCUT2D eigenvalue weighted by atomic mass is 9.73. The molecule has 12 rings (SSSR count). The number of fused-ring (bicyclic) bond motifs is 1. The van der Waals surface area contributed by atoms with E-state index in [0.717, 1.165) is 12.5 Å². The van der Waals surface area contributed by atoms with Crippen LogP contribution in [0.15, 0.2) is 96.1 Å². The summed E-state index contributed by atoms with van der Waals surface area (Å²) in [7, 11) is 0. The van der Waals surface area contributed by atoms with Crippen molar-refractivity contribution >= 4 is 23.8 Å². The van der Waals surface area contributed by atoms with Crippen LogP contribution in [0, 0.1) is 23.7 Å². The number of nitrogens with two attached hydrogens (primary N) is 5. The minimum absolute atomic E-state index is 0.000303. The second-order valence-corrected chi connectivity index (χ2v) is 35.7. The number of carbonyl (C=O) groups excluding carboxylic acids is 4. The predicted octanol–water partition coefficient (Wildman–Crippen LogP) is -3.03. The van der Waals surface area contributed by atoms with E-state index in [2.05, 4.69) is 26.0 Å². The van der Waals surface area contributed by atoms with Crippen molar-refractivity contribution in [1.29, 1.82) is 0 Å². The fraction of sp³-hybridized carbons (Fsp3) is 0.747. The molecule has 0 spiro atoms. The number of amides is 2. The van der Waals surface area contributed by atoms with E-state index in [4.69, 9.17) is 110 Å². The lowest BCUT2D eigenvalue weighted by Gasteiger charge is -2.48. The Bertz CT molecular complexity index is 4180. The van der Waals surface area contributed by atoms with Crippen molar-refractivity contribution in [1.82, 2.24) is 16.0 Å². The number of ketones is 2. The lowest BCUT2D eigenvalue weighted by Crippen LogP contribution is -2.66. The summed E-state index contributed by atoms with van der Waals surface area (Å²) in [4.78, 5) is 55.7. The molecule has 2 amide bonds. The second kappa shape index (κ2) is 50.6. The number of benzene rings is 3. The van der Waals surface area contributed by atoms with Crippen molar-refractivity contribution < 1.29 is 179 Å². The molecule has 760 valence electrons. The van der Waals surface area contributed by atoms with Gasteiger partial charge in [0.15, 0.2) is 49.6 Å². The van der Waals surface area contributed by atoms with Gasteiger partial charge in [-0.05, 0) is 98.3 Å². The molecule has 39 atom stereocenters. The molecule has 27 N–H and O–H groups in total. The Hall–Kier alpha value is -6.75. The number of halogens is 4. The normalized spacial score (nSPS) is 38.2. The Labute approximate surface area is 774 Å². The highest BCUT2D eigenvalue weighted by Gasteiger charge is 2.60. The average Bonchev–Trinajstić information content (AvgIpc) is 1.75. The Morgan fingerprint density at radius 2 is 1.06 bits per heavy atom. The molecule has 2 aliphatic carbocycles. The Morgan fingerprint density at radius 1 is 0.533 bits per heavy atom. The highest BCUT2D eigenvalue weighted by molar-refractivity contribution is 5.84. The van der Waals surface area contributed by atoms with Gasteiger partial charge in [-0.25, -0.2) is 27.2 Å². The molecule has 0 bridgehead atoms. The van der Waals surface area contributed by atoms with E-state index in [9.17, 15) is 94.3 Å². The molecule has 9 fully saturated rings. The van der Waals surface area contributed by atoms with Gasteiger partial charge in [0, 0.05) is 56.5 Å². The van der Waals surface area contributed by atoms with Crippen molar-refractivity contribution in [2.45, 2.75) is 324 Å². The summed E-state index contributed by atoms with van der Waals surface area (Å²) >= 11 is 0. The molecular weight excluding hydrogens is 1800 g/mol. The van der Waals surface area contributed by atoms with E-state index < -0.39 is 313 Å². The highest BCUT2D eigenvalue weighted by atomic mass is 19.3. The van der Waals surface area contributed by atoms with Crippen LogP contribution in [0.25, 0.3) is 10.4 Å². The van der Waals surface area contributed by atoms with E-state index in [1.165, 1.54) is 0 Å². The summed E-state index contributed by atoms with van der Waals surface area (Å²) in [5.74, 6) is -15.0. The van der Waals surface area contributed by atoms with E-state index in [-0.39, 0.29) is 78.2 Å². The summed E-state index contributed by atoms with van der Waals surface area (Å²) in [6.07, 6.45) is -44.0. The van der Waals surface area contributed by atoms with E-state index in [1.807, 2.05) is 30.3 Å². The average molecular weight is 1940 g/mol. The number of hydrogen-bond acceptors (Lipinski definition) is 40. The van der Waals surface area contributed by atoms with Crippen molar-refractivity contribution in [3.63, 3.8) is 0 Å². The second-order valence-electron chi connectivity index (χ2n) is 35.7. The van der Waals surface area contributed by atoms with Crippen LogP contribution in [0.4, 0.5) is 27.2 Å². The maximum atomic E-state index is 15.1. The van der Waals surface area contributed by atoms with Gasteiger partial charge < -0.3 is 187 Å². The summed E-state index contributed by atoms with van der Waals surface area (Å²) < 4.78 is 150.